The largest absolute Gasteiger partial charge is 0.339 e. The van der Waals surface area contributed by atoms with Crippen molar-refractivity contribution < 1.29 is 4.52 Å². The van der Waals surface area contributed by atoms with Gasteiger partial charge in [0, 0.05) is 10.7 Å². The lowest BCUT2D eigenvalue weighted by Gasteiger charge is -1.86. The summed E-state index contributed by atoms with van der Waals surface area (Å²) < 4.78 is 5.06. The Labute approximate surface area is 75.3 Å². The van der Waals surface area contributed by atoms with Crippen LogP contribution in [0.15, 0.2) is 53.2 Å². The molecule has 0 spiro atoms. The van der Waals surface area contributed by atoms with Crippen molar-refractivity contribution in [1.29, 1.82) is 0 Å². The first-order valence-corrected chi connectivity index (χ1v) is 3.96. The van der Waals surface area contributed by atoms with Crippen LogP contribution in [-0.2, 0) is 0 Å². The summed E-state index contributed by atoms with van der Waals surface area (Å²) in [7, 11) is 0. The van der Waals surface area contributed by atoms with E-state index >= 15 is 0 Å². The third-order valence-corrected chi connectivity index (χ3v) is 1.64. The van der Waals surface area contributed by atoms with Gasteiger partial charge in [-0.1, -0.05) is 30.3 Å². The molecule has 1 aromatic heterocycles. The van der Waals surface area contributed by atoms with Crippen LogP contribution in [-0.4, -0.2) is 10.4 Å². The van der Waals surface area contributed by atoms with Gasteiger partial charge in [-0.2, -0.15) is 0 Å². The van der Waals surface area contributed by atoms with E-state index in [4.69, 9.17) is 4.52 Å². The molecule has 0 aliphatic carbocycles. The molecule has 1 aromatic carbocycles. The maximum Gasteiger partial charge on any atom is 0.167 e. The van der Waals surface area contributed by atoms with Crippen LogP contribution in [0, 0.1) is 0 Å². The van der Waals surface area contributed by atoms with Crippen LogP contribution in [0.3, 0.4) is 0 Å². The van der Waals surface area contributed by atoms with Crippen molar-refractivity contribution in [2.24, 2.45) is 0 Å². The first kappa shape index (κ1) is 7.73. The lowest BCUT2D eigenvalue weighted by molar-refractivity contribution is 0.404. The molecule has 0 saturated carbocycles. The Kier molecular flexibility index (Phi) is 2.18. The monoisotopic (exact) mass is 172 g/mol. The van der Waals surface area contributed by atoms with Crippen molar-refractivity contribution in [3.8, 4) is 0 Å². The van der Waals surface area contributed by atoms with Crippen LogP contribution in [0.5, 0.6) is 0 Å². The Bertz CT molecular complexity index is 409. The summed E-state index contributed by atoms with van der Waals surface area (Å²) in [6.45, 7) is 0. The van der Waals surface area contributed by atoms with Crippen molar-refractivity contribution in [3.05, 3.63) is 48.7 Å². The molecule has 0 saturated heterocycles. The summed E-state index contributed by atoms with van der Waals surface area (Å²) in [5, 5.41) is 8.18. The fourth-order valence-electron chi connectivity index (χ4n) is 1.04. The van der Waals surface area contributed by atoms with Crippen molar-refractivity contribution in [1.82, 2.24) is 10.4 Å². The Balaban J connectivity index is 2.82. The van der Waals surface area contributed by atoms with Crippen molar-refractivity contribution in [2.75, 3.05) is 0 Å². The van der Waals surface area contributed by atoms with E-state index in [0.29, 0.717) is 5.58 Å². The third-order valence-electron chi connectivity index (χ3n) is 1.64. The second-order valence-corrected chi connectivity index (χ2v) is 2.53. The molecule has 1 heterocycles. The van der Waals surface area contributed by atoms with Gasteiger partial charge in [0.1, 0.15) is 0 Å². The zero-order chi connectivity index (χ0) is 8.93. The van der Waals surface area contributed by atoms with E-state index in [0.717, 1.165) is 5.39 Å². The summed E-state index contributed by atoms with van der Waals surface area (Å²) >= 11 is 0. The maximum atomic E-state index is 5.06. The van der Waals surface area contributed by atoms with Gasteiger partial charge in [-0.25, -0.2) is 0 Å². The standard InChI is InChI=1S/C10H8N2O/c1-2-7-10-9(5-1)6-3-4-8-11-12-13-10/h1-8H. The predicted molar refractivity (Wildman–Crippen MR) is 49.4 cm³/mol. The zero-order valence-electron chi connectivity index (χ0n) is 6.92. The minimum absolute atomic E-state index is 0.714. The Hall–Kier alpha value is -1.90. The predicted octanol–water partition coefficient (Wildman–Crippen LogP) is 2.35. The SMILES string of the molecule is c1ccc2ccccc2onnc1. The summed E-state index contributed by atoms with van der Waals surface area (Å²) in [5.41, 5.74) is 0.714. The molecular weight excluding hydrogens is 164 g/mol. The smallest absolute Gasteiger partial charge is 0.167 e. The van der Waals surface area contributed by atoms with Gasteiger partial charge >= 0.3 is 0 Å². The van der Waals surface area contributed by atoms with E-state index in [9.17, 15) is 0 Å². The highest BCUT2D eigenvalue weighted by atomic mass is 16.5. The second-order valence-electron chi connectivity index (χ2n) is 2.53. The van der Waals surface area contributed by atoms with E-state index in [2.05, 4.69) is 10.4 Å². The Morgan fingerprint density at radius 2 is 1.69 bits per heavy atom. The first-order valence-electron chi connectivity index (χ1n) is 3.96. The highest BCUT2D eigenvalue weighted by Crippen LogP contribution is 2.08. The topological polar surface area (TPSA) is 38.9 Å². The number of hydrogen-bond acceptors (Lipinski definition) is 3. The number of fused-ring (bicyclic) bond motifs is 1. The number of para-hydroxylation sites is 1. The molecule has 0 radical (unpaired) electrons. The van der Waals surface area contributed by atoms with Gasteiger partial charge in [0.05, 0.1) is 6.20 Å². The van der Waals surface area contributed by atoms with Gasteiger partial charge in [0.15, 0.2) is 5.58 Å². The summed E-state index contributed by atoms with van der Waals surface area (Å²) in [5.74, 6) is 0. The minimum Gasteiger partial charge on any atom is -0.339 e. The molecule has 13 heavy (non-hydrogen) atoms. The molecule has 0 fully saturated rings. The maximum absolute atomic E-state index is 5.06. The average Bonchev–Trinajstić information content (AvgIpc) is 2.28. The summed E-state index contributed by atoms with van der Waals surface area (Å²) in [6, 6.07) is 13.3. The van der Waals surface area contributed by atoms with E-state index in [-0.39, 0.29) is 0 Å². The van der Waals surface area contributed by atoms with Crippen molar-refractivity contribution >= 4 is 11.0 Å². The fourth-order valence-corrected chi connectivity index (χ4v) is 1.04. The molecule has 0 atom stereocenters. The molecule has 0 amide bonds. The fraction of sp³-hybridized carbons (Fsp3) is 0. The van der Waals surface area contributed by atoms with Gasteiger partial charge in [0.25, 0.3) is 0 Å². The molecule has 0 bridgehead atoms. The normalized spacial score (nSPS) is 9.54. The molecule has 2 rings (SSSR count). The van der Waals surface area contributed by atoms with Gasteiger partial charge in [-0.05, 0) is 12.1 Å². The van der Waals surface area contributed by atoms with Gasteiger partial charge in [-0.3, -0.25) is 0 Å². The van der Waals surface area contributed by atoms with Crippen LogP contribution < -0.4 is 0 Å². The number of benzene rings is 1. The summed E-state index contributed by atoms with van der Waals surface area (Å²) in [4.78, 5) is 0. The average molecular weight is 172 g/mol. The van der Waals surface area contributed by atoms with Gasteiger partial charge in [-0.15, -0.1) is 5.10 Å². The Morgan fingerprint density at radius 1 is 0.923 bits per heavy atom. The molecule has 3 heteroatoms. The van der Waals surface area contributed by atoms with E-state index < -0.39 is 0 Å². The molecule has 3 nitrogen and oxygen atoms in total. The van der Waals surface area contributed by atoms with E-state index in [1.807, 2.05) is 36.4 Å². The molecule has 0 N–H and O–H groups in total. The highest BCUT2D eigenvalue weighted by molar-refractivity contribution is 5.75. The highest BCUT2D eigenvalue weighted by Gasteiger charge is 1.87. The number of nitrogens with zero attached hydrogens (tertiary/aromatic N) is 2. The first-order chi connectivity index (χ1) is 6.47. The van der Waals surface area contributed by atoms with Crippen molar-refractivity contribution in [2.45, 2.75) is 0 Å². The minimum atomic E-state index is 0.714. The van der Waals surface area contributed by atoms with Crippen molar-refractivity contribution in [3.63, 3.8) is 0 Å². The number of rotatable bonds is 0. The lowest BCUT2D eigenvalue weighted by Crippen LogP contribution is -1.69. The van der Waals surface area contributed by atoms with Crippen LogP contribution in [0.2, 0.25) is 0 Å². The van der Waals surface area contributed by atoms with E-state index in [1.165, 1.54) is 0 Å². The third kappa shape index (κ3) is 1.82. The summed E-state index contributed by atoms with van der Waals surface area (Å²) in [6.07, 6.45) is 1.57. The van der Waals surface area contributed by atoms with Crippen LogP contribution in [0.25, 0.3) is 11.0 Å². The van der Waals surface area contributed by atoms with Crippen LogP contribution >= 0.6 is 0 Å². The van der Waals surface area contributed by atoms with Crippen LogP contribution in [0.4, 0.5) is 0 Å². The zero-order valence-corrected chi connectivity index (χ0v) is 6.92. The number of hydrogen-bond donors (Lipinski definition) is 0. The van der Waals surface area contributed by atoms with Crippen LogP contribution in [0.1, 0.15) is 0 Å². The number of aromatic nitrogens is 2. The second kappa shape index (κ2) is 3.67. The molecule has 0 aliphatic heterocycles. The van der Waals surface area contributed by atoms with Gasteiger partial charge in [0.2, 0.25) is 0 Å². The molecule has 0 aliphatic rings. The van der Waals surface area contributed by atoms with E-state index in [1.54, 1.807) is 12.3 Å². The molecule has 2 aromatic rings. The molecular formula is C10H8N2O. The Morgan fingerprint density at radius 3 is 2.62 bits per heavy atom. The lowest BCUT2D eigenvalue weighted by atomic mass is 10.2. The molecule has 64 valence electrons. The van der Waals surface area contributed by atoms with Gasteiger partial charge < -0.3 is 4.52 Å². The quantitative estimate of drug-likeness (QED) is 0.612. The molecule has 0 unspecified atom stereocenters.